The molecule has 0 fully saturated rings. The number of carbonyl (C=O) groups excluding carboxylic acids is 2. The highest BCUT2D eigenvalue weighted by atomic mass is 16.5. The summed E-state index contributed by atoms with van der Waals surface area (Å²) in [6.07, 6.45) is 2.35. The zero-order chi connectivity index (χ0) is 6.69. The first-order chi connectivity index (χ1) is 4.29. The zero-order valence-electron chi connectivity index (χ0n) is 4.59. The molecule has 0 atom stereocenters. The van der Waals surface area contributed by atoms with E-state index in [-0.39, 0.29) is 6.61 Å². The molecule has 1 rings (SSSR count). The standard InChI is InChI=1S/C5H5NO3/c7-4-1-2-9-3-5(8)6-4/h1-2H,3H2,(H,6,7,8). The van der Waals surface area contributed by atoms with Gasteiger partial charge in [0.15, 0.2) is 6.61 Å². The second kappa shape index (κ2) is 2.30. The van der Waals surface area contributed by atoms with Gasteiger partial charge in [-0.05, 0) is 0 Å². The van der Waals surface area contributed by atoms with Gasteiger partial charge in [0.05, 0.1) is 6.26 Å². The molecule has 0 saturated heterocycles. The summed E-state index contributed by atoms with van der Waals surface area (Å²) in [5.41, 5.74) is 0. The lowest BCUT2D eigenvalue weighted by atomic mass is 10.5. The average molecular weight is 127 g/mol. The van der Waals surface area contributed by atoms with Crippen LogP contribution in [0.4, 0.5) is 0 Å². The lowest BCUT2D eigenvalue weighted by Crippen LogP contribution is -2.29. The van der Waals surface area contributed by atoms with Gasteiger partial charge in [0, 0.05) is 6.08 Å². The van der Waals surface area contributed by atoms with E-state index in [9.17, 15) is 9.59 Å². The molecule has 0 bridgehead atoms. The van der Waals surface area contributed by atoms with Gasteiger partial charge >= 0.3 is 0 Å². The summed E-state index contributed by atoms with van der Waals surface area (Å²) in [5, 5.41) is 2.05. The van der Waals surface area contributed by atoms with Gasteiger partial charge in [0.2, 0.25) is 0 Å². The minimum atomic E-state index is -0.433. The van der Waals surface area contributed by atoms with Crippen LogP contribution in [0.1, 0.15) is 0 Å². The van der Waals surface area contributed by atoms with Crippen molar-refractivity contribution >= 4 is 11.8 Å². The van der Waals surface area contributed by atoms with Crippen molar-refractivity contribution in [3.05, 3.63) is 12.3 Å². The van der Waals surface area contributed by atoms with E-state index < -0.39 is 11.8 Å². The quantitative estimate of drug-likeness (QED) is 0.432. The van der Waals surface area contributed by atoms with E-state index in [2.05, 4.69) is 10.1 Å². The smallest absolute Gasteiger partial charge is 0.264 e. The summed E-state index contributed by atoms with van der Waals surface area (Å²) >= 11 is 0. The van der Waals surface area contributed by atoms with Gasteiger partial charge in [0.25, 0.3) is 11.8 Å². The fraction of sp³-hybridized carbons (Fsp3) is 0.200. The van der Waals surface area contributed by atoms with Crippen molar-refractivity contribution in [2.45, 2.75) is 0 Å². The summed E-state index contributed by atoms with van der Waals surface area (Å²) in [6, 6.07) is 0. The fourth-order valence-corrected chi connectivity index (χ4v) is 0.449. The molecule has 9 heavy (non-hydrogen) atoms. The Labute approximate surface area is 51.5 Å². The SMILES string of the molecule is O=C1C=COCC(=O)N1. The van der Waals surface area contributed by atoms with Gasteiger partial charge in [-0.15, -0.1) is 0 Å². The molecular formula is C5H5NO3. The third-order valence-corrected chi connectivity index (χ3v) is 0.793. The van der Waals surface area contributed by atoms with Crippen LogP contribution in [-0.4, -0.2) is 18.4 Å². The molecule has 4 heteroatoms. The van der Waals surface area contributed by atoms with Crippen molar-refractivity contribution in [1.29, 1.82) is 0 Å². The number of amides is 2. The predicted molar refractivity (Wildman–Crippen MR) is 28.2 cm³/mol. The molecule has 0 aliphatic carbocycles. The third-order valence-electron chi connectivity index (χ3n) is 0.793. The molecule has 1 heterocycles. The number of ether oxygens (including phenoxy) is 1. The van der Waals surface area contributed by atoms with Crippen molar-refractivity contribution in [3.8, 4) is 0 Å². The molecule has 0 spiro atoms. The van der Waals surface area contributed by atoms with E-state index in [4.69, 9.17) is 0 Å². The molecule has 48 valence electrons. The second-order valence-corrected chi connectivity index (χ2v) is 1.53. The molecule has 4 nitrogen and oxygen atoms in total. The Bertz CT molecular complexity index is 173. The maximum Gasteiger partial charge on any atom is 0.264 e. The fourth-order valence-electron chi connectivity index (χ4n) is 0.449. The van der Waals surface area contributed by atoms with Crippen molar-refractivity contribution in [1.82, 2.24) is 5.32 Å². The summed E-state index contributed by atoms with van der Waals surface area (Å²) in [5.74, 6) is -0.845. The van der Waals surface area contributed by atoms with Gasteiger partial charge in [-0.1, -0.05) is 0 Å². The van der Waals surface area contributed by atoms with Crippen LogP contribution in [0.25, 0.3) is 0 Å². The number of hydrogen-bond acceptors (Lipinski definition) is 3. The third kappa shape index (κ3) is 1.56. The molecule has 1 aliphatic heterocycles. The molecule has 0 saturated carbocycles. The Kier molecular flexibility index (Phi) is 1.48. The molecule has 0 radical (unpaired) electrons. The van der Waals surface area contributed by atoms with E-state index in [1.165, 1.54) is 6.26 Å². The molecular weight excluding hydrogens is 122 g/mol. The first-order valence-corrected chi connectivity index (χ1v) is 2.41. The molecule has 0 unspecified atom stereocenters. The van der Waals surface area contributed by atoms with E-state index in [1.54, 1.807) is 0 Å². The highest BCUT2D eigenvalue weighted by Gasteiger charge is 2.07. The Balaban J connectivity index is 2.61. The summed E-state index contributed by atoms with van der Waals surface area (Å²) < 4.78 is 4.56. The van der Waals surface area contributed by atoms with Crippen molar-refractivity contribution in [3.63, 3.8) is 0 Å². The maximum atomic E-state index is 10.4. The predicted octanol–water partition coefficient (Wildman–Crippen LogP) is -0.827. The van der Waals surface area contributed by atoms with E-state index >= 15 is 0 Å². The topological polar surface area (TPSA) is 55.4 Å². The van der Waals surface area contributed by atoms with Gasteiger partial charge in [-0.2, -0.15) is 0 Å². The van der Waals surface area contributed by atoms with Crippen LogP contribution >= 0.6 is 0 Å². The lowest BCUT2D eigenvalue weighted by Gasteiger charge is -1.93. The summed E-state index contributed by atoms with van der Waals surface area (Å²) in [6.45, 7) is -0.0811. The molecule has 0 aromatic heterocycles. The van der Waals surface area contributed by atoms with E-state index in [0.717, 1.165) is 6.08 Å². The van der Waals surface area contributed by atoms with E-state index in [1.807, 2.05) is 0 Å². The van der Waals surface area contributed by atoms with Crippen LogP contribution in [-0.2, 0) is 14.3 Å². The van der Waals surface area contributed by atoms with Crippen molar-refractivity contribution in [2.24, 2.45) is 0 Å². The highest BCUT2D eigenvalue weighted by Crippen LogP contribution is 1.84. The number of imide groups is 1. The van der Waals surface area contributed by atoms with Crippen LogP contribution in [0, 0.1) is 0 Å². The van der Waals surface area contributed by atoms with Crippen molar-refractivity contribution in [2.75, 3.05) is 6.61 Å². The highest BCUT2D eigenvalue weighted by molar-refractivity contribution is 6.01. The Hall–Kier alpha value is -1.32. The minimum absolute atomic E-state index is 0.0811. The monoisotopic (exact) mass is 127 g/mol. The molecule has 1 N–H and O–H groups in total. The van der Waals surface area contributed by atoms with Gasteiger partial charge in [-0.3, -0.25) is 14.9 Å². The van der Waals surface area contributed by atoms with Gasteiger partial charge in [0.1, 0.15) is 0 Å². The first-order valence-electron chi connectivity index (χ1n) is 2.41. The Morgan fingerprint density at radius 2 is 2.33 bits per heavy atom. The second-order valence-electron chi connectivity index (χ2n) is 1.53. The number of carbonyl (C=O) groups is 2. The van der Waals surface area contributed by atoms with Crippen LogP contribution in [0.2, 0.25) is 0 Å². The van der Waals surface area contributed by atoms with Crippen LogP contribution in [0.5, 0.6) is 0 Å². The minimum Gasteiger partial charge on any atom is -0.491 e. The van der Waals surface area contributed by atoms with Crippen molar-refractivity contribution < 1.29 is 14.3 Å². The summed E-state index contributed by atoms with van der Waals surface area (Å²) in [4.78, 5) is 20.8. The summed E-state index contributed by atoms with van der Waals surface area (Å²) in [7, 11) is 0. The molecule has 0 aromatic carbocycles. The van der Waals surface area contributed by atoms with Crippen LogP contribution < -0.4 is 5.32 Å². The van der Waals surface area contributed by atoms with Gasteiger partial charge < -0.3 is 4.74 Å². The largest absolute Gasteiger partial charge is 0.491 e. The molecule has 0 aromatic rings. The van der Waals surface area contributed by atoms with Gasteiger partial charge in [-0.25, -0.2) is 0 Å². The number of hydrogen-bond donors (Lipinski definition) is 1. The first kappa shape index (κ1) is 5.81. The number of rotatable bonds is 0. The molecule has 2 amide bonds. The maximum absolute atomic E-state index is 10.4. The van der Waals surface area contributed by atoms with Crippen LogP contribution in [0.3, 0.4) is 0 Å². The zero-order valence-corrected chi connectivity index (χ0v) is 4.59. The normalized spacial score (nSPS) is 18.2. The molecule has 1 aliphatic rings. The van der Waals surface area contributed by atoms with Crippen LogP contribution in [0.15, 0.2) is 12.3 Å². The Morgan fingerprint density at radius 1 is 1.56 bits per heavy atom. The number of nitrogens with one attached hydrogen (secondary N) is 1. The average Bonchev–Trinajstić information content (AvgIpc) is 1.93. The Morgan fingerprint density at radius 3 is 3.11 bits per heavy atom. The lowest BCUT2D eigenvalue weighted by molar-refractivity contribution is -0.129. The van der Waals surface area contributed by atoms with E-state index in [0.29, 0.717) is 0 Å².